The van der Waals surface area contributed by atoms with Crippen molar-refractivity contribution in [3.8, 4) is 6.01 Å². The quantitative estimate of drug-likeness (QED) is 0.853. The number of hydrogen-bond donors (Lipinski definition) is 2. The Morgan fingerprint density at radius 3 is 2.78 bits per heavy atom. The molecule has 1 heterocycles. The van der Waals surface area contributed by atoms with Crippen LogP contribution in [-0.2, 0) is 6.61 Å². The van der Waals surface area contributed by atoms with Gasteiger partial charge in [-0.15, -0.1) is 0 Å². The van der Waals surface area contributed by atoms with Crippen LogP contribution >= 0.6 is 0 Å². The van der Waals surface area contributed by atoms with Crippen molar-refractivity contribution < 1.29 is 9.53 Å². The first-order valence-corrected chi connectivity index (χ1v) is 5.29. The second-order valence-corrected chi connectivity index (χ2v) is 3.51. The molecule has 1 aromatic heterocycles. The first-order chi connectivity index (χ1) is 8.74. The number of carbonyl (C=O) groups excluding carboxylic acids is 1. The molecule has 92 valence electrons. The first-order valence-electron chi connectivity index (χ1n) is 5.29. The van der Waals surface area contributed by atoms with Crippen LogP contribution in [0.4, 0.5) is 10.5 Å². The van der Waals surface area contributed by atoms with Crippen LogP contribution < -0.4 is 15.8 Å². The van der Waals surface area contributed by atoms with Crippen LogP contribution in [-0.4, -0.2) is 16.0 Å². The molecule has 0 unspecified atom stereocenters. The third kappa shape index (κ3) is 3.44. The normalized spacial score (nSPS) is 9.78. The smallest absolute Gasteiger partial charge is 0.316 e. The number of benzene rings is 1. The zero-order valence-electron chi connectivity index (χ0n) is 9.54. The highest BCUT2D eigenvalue weighted by molar-refractivity contribution is 5.87. The fraction of sp³-hybridized carbons (Fsp3) is 0.0833. The zero-order valence-corrected chi connectivity index (χ0v) is 9.54. The van der Waals surface area contributed by atoms with Gasteiger partial charge in [0.05, 0.1) is 0 Å². The van der Waals surface area contributed by atoms with Gasteiger partial charge in [-0.1, -0.05) is 12.1 Å². The lowest BCUT2D eigenvalue weighted by Gasteiger charge is -2.06. The Morgan fingerprint density at radius 1 is 1.28 bits per heavy atom. The molecule has 0 aliphatic heterocycles. The number of ether oxygens (including phenoxy) is 1. The molecule has 0 bridgehead atoms. The minimum atomic E-state index is -0.598. The van der Waals surface area contributed by atoms with Crippen molar-refractivity contribution in [1.82, 2.24) is 9.97 Å². The minimum absolute atomic E-state index is 0.311. The van der Waals surface area contributed by atoms with Gasteiger partial charge in [-0.3, -0.25) is 0 Å². The molecule has 6 nitrogen and oxygen atoms in total. The number of rotatable bonds is 4. The summed E-state index contributed by atoms with van der Waals surface area (Å²) in [4.78, 5) is 18.6. The Kier molecular flexibility index (Phi) is 3.70. The average Bonchev–Trinajstić information content (AvgIpc) is 2.37. The predicted octanol–water partition coefficient (Wildman–Crippen LogP) is 1.55. The Hall–Kier alpha value is -2.63. The molecule has 3 N–H and O–H groups in total. The first kappa shape index (κ1) is 11.8. The predicted molar refractivity (Wildman–Crippen MR) is 66.0 cm³/mol. The van der Waals surface area contributed by atoms with Crippen LogP contribution in [0.25, 0.3) is 0 Å². The molecule has 0 aliphatic rings. The fourth-order valence-electron chi connectivity index (χ4n) is 1.39. The maximum Gasteiger partial charge on any atom is 0.316 e. The fourth-order valence-corrected chi connectivity index (χ4v) is 1.39. The molecule has 18 heavy (non-hydrogen) atoms. The summed E-state index contributed by atoms with van der Waals surface area (Å²) in [5.74, 6) is 0. The van der Waals surface area contributed by atoms with E-state index in [-0.39, 0.29) is 0 Å². The van der Waals surface area contributed by atoms with Gasteiger partial charge in [0.2, 0.25) is 0 Å². The van der Waals surface area contributed by atoms with Crippen molar-refractivity contribution in [3.63, 3.8) is 0 Å². The number of nitrogens with one attached hydrogen (secondary N) is 1. The number of nitrogens with zero attached hydrogens (tertiary/aromatic N) is 2. The van der Waals surface area contributed by atoms with E-state index in [9.17, 15) is 4.79 Å². The van der Waals surface area contributed by atoms with Gasteiger partial charge in [0, 0.05) is 18.1 Å². The summed E-state index contributed by atoms with van der Waals surface area (Å²) in [7, 11) is 0. The molecule has 6 heteroatoms. The summed E-state index contributed by atoms with van der Waals surface area (Å²) >= 11 is 0. The van der Waals surface area contributed by atoms with E-state index in [0.717, 1.165) is 5.56 Å². The monoisotopic (exact) mass is 244 g/mol. The molecule has 0 spiro atoms. The van der Waals surface area contributed by atoms with Gasteiger partial charge in [-0.05, 0) is 23.8 Å². The minimum Gasteiger partial charge on any atom is -0.459 e. The van der Waals surface area contributed by atoms with Gasteiger partial charge in [-0.2, -0.15) is 0 Å². The van der Waals surface area contributed by atoms with Crippen LogP contribution in [0.5, 0.6) is 6.01 Å². The summed E-state index contributed by atoms with van der Waals surface area (Å²) in [5, 5.41) is 2.50. The number of nitrogens with two attached hydrogens (primary N) is 1. The van der Waals surface area contributed by atoms with E-state index in [1.807, 2.05) is 6.07 Å². The van der Waals surface area contributed by atoms with Crippen molar-refractivity contribution in [3.05, 3.63) is 48.3 Å². The largest absolute Gasteiger partial charge is 0.459 e. The lowest BCUT2D eigenvalue weighted by atomic mass is 10.2. The van der Waals surface area contributed by atoms with Crippen LogP contribution in [0.3, 0.4) is 0 Å². The highest BCUT2D eigenvalue weighted by Gasteiger charge is 2.00. The standard InChI is InChI=1S/C12H12N4O2/c13-11(17)16-10-4-1-3-9(7-10)8-18-12-14-5-2-6-15-12/h1-7H,8H2,(H3,13,16,17). The lowest BCUT2D eigenvalue weighted by molar-refractivity contribution is 0.259. The molecule has 2 aromatic rings. The Bertz CT molecular complexity index is 531. The van der Waals surface area contributed by atoms with Gasteiger partial charge < -0.3 is 15.8 Å². The molecule has 1 aromatic carbocycles. The van der Waals surface area contributed by atoms with Crippen LogP contribution in [0.1, 0.15) is 5.56 Å². The van der Waals surface area contributed by atoms with Gasteiger partial charge in [0.15, 0.2) is 0 Å². The number of anilines is 1. The number of aromatic nitrogens is 2. The van der Waals surface area contributed by atoms with E-state index in [2.05, 4.69) is 15.3 Å². The van der Waals surface area contributed by atoms with Gasteiger partial charge in [0.25, 0.3) is 0 Å². The Morgan fingerprint density at radius 2 is 2.06 bits per heavy atom. The maximum atomic E-state index is 10.7. The van der Waals surface area contributed by atoms with Gasteiger partial charge in [0.1, 0.15) is 6.61 Å². The zero-order chi connectivity index (χ0) is 12.8. The Balaban J connectivity index is 1.99. The third-order valence-electron chi connectivity index (χ3n) is 2.10. The van der Waals surface area contributed by atoms with Gasteiger partial charge >= 0.3 is 12.0 Å². The second kappa shape index (κ2) is 5.62. The SMILES string of the molecule is NC(=O)Nc1cccc(COc2ncccn2)c1. The maximum absolute atomic E-state index is 10.7. The third-order valence-corrected chi connectivity index (χ3v) is 2.10. The lowest BCUT2D eigenvalue weighted by Crippen LogP contribution is -2.19. The number of amides is 2. The van der Waals surface area contributed by atoms with Crippen LogP contribution in [0.2, 0.25) is 0 Å². The van der Waals surface area contributed by atoms with Crippen molar-refractivity contribution in [2.24, 2.45) is 5.73 Å². The summed E-state index contributed by atoms with van der Waals surface area (Å²) in [6.45, 7) is 0.318. The number of hydrogen-bond acceptors (Lipinski definition) is 4. The topological polar surface area (TPSA) is 90.1 Å². The molecule has 2 amide bonds. The van der Waals surface area contributed by atoms with Crippen LogP contribution in [0.15, 0.2) is 42.7 Å². The summed E-state index contributed by atoms with van der Waals surface area (Å²) < 4.78 is 5.39. The molecule has 0 saturated heterocycles. The summed E-state index contributed by atoms with van der Waals surface area (Å²) in [6, 6.07) is 8.61. The van der Waals surface area contributed by atoms with Gasteiger partial charge in [-0.25, -0.2) is 14.8 Å². The van der Waals surface area contributed by atoms with Crippen molar-refractivity contribution in [1.29, 1.82) is 0 Å². The van der Waals surface area contributed by atoms with Crippen molar-refractivity contribution >= 4 is 11.7 Å². The van der Waals surface area contributed by atoms with E-state index in [1.165, 1.54) is 0 Å². The average molecular weight is 244 g/mol. The van der Waals surface area contributed by atoms with E-state index < -0.39 is 6.03 Å². The number of primary amides is 1. The molecular weight excluding hydrogens is 232 g/mol. The molecular formula is C12H12N4O2. The molecule has 0 saturated carbocycles. The molecule has 0 radical (unpaired) electrons. The Labute approximate surface area is 104 Å². The van der Waals surface area contributed by atoms with E-state index in [0.29, 0.717) is 18.3 Å². The number of carbonyl (C=O) groups is 1. The summed E-state index contributed by atoms with van der Waals surface area (Å²) in [6.07, 6.45) is 3.21. The molecule has 0 fully saturated rings. The molecule has 0 atom stereocenters. The van der Waals surface area contributed by atoms with Crippen LogP contribution in [0, 0.1) is 0 Å². The summed E-state index contributed by atoms with van der Waals surface area (Å²) in [5.41, 5.74) is 6.54. The van der Waals surface area contributed by atoms with E-state index >= 15 is 0 Å². The van der Waals surface area contributed by atoms with Crippen molar-refractivity contribution in [2.45, 2.75) is 6.61 Å². The highest BCUT2D eigenvalue weighted by Crippen LogP contribution is 2.12. The second-order valence-electron chi connectivity index (χ2n) is 3.51. The van der Waals surface area contributed by atoms with E-state index in [1.54, 1.807) is 36.7 Å². The molecule has 2 rings (SSSR count). The van der Waals surface area contributed by atoms with Crippen molar-refractivity contribution in [2.75, 3.05) is 5.32 Å². The molecule has 0 aliphatic carbocycles. The van der Waals surface area contributed by atoms with E-state index in [4.69, 9.17) is 10.5 Å². The highest BCUT2D eigenvalue weighted by atomic mass is 16.5. The number of urea groups is 1.